The predicted octanol–water partition coefficient (Wildman–Crippen LogP) is 1.74. The number of carbonyl (C=O) groups excluding carboxylic acids is 2. The number of unbranched alkanes of at least 4 members (excludes halogenated alkanes) is 1. The summed E-state index contributed by atoms with van der Waals surface area (Å²) in [6.45, 7) is 9.53. The van der Waals surface area contributed by atoms with Crippen LogP contribution in [-0.2, 0) is 14.3 Å². The Morgan fingerprint density at radius 1 is 1.35 bits per heavy atom. The van der Waals surface area contributed by atoms with E-state index in [1.807, 2.05) is 0 Å². The number of carbonyl (C=O) groups is 2. The van der Waals surface area contributed by atoms with Gasteiger partial charge in [-0.05, 0) is 40.0 Å². The van der Waals surface area contributed by atoms with Crippen molar-refractivity contribution in [2.24, 2.45) is 5.73 Å². The lowest BCUT2D eigenvalue weighted by molar-refractivity contribution is -0.144. The minimum absolute atomic E-state index is 0.173. The third kappa shape index (κ3) is 10.4. The molecule has 0 radical (unpaired) electrons. The molecule has 6 nitrogen and oxygen atoms in total. The Labute approximate surface area is 120 Å². The average Bonchev–Trinajstić information content (AvgIpc) is 2.32. The van der Waals surface area contributed by atoms with Gasteiger partial charge in [-0.15, -0.1) is 0 Å². The number of esters is 1. The van der Waals surface area contributed by atoms with Gasteiger partial charge in [-0.1, -0.05) is 12.7 Å². The van der Waals surface area contributed by atoms with E-state index in [9.17, 15) is 9.59 Å². The molecule has 1 unspecified atom stereocenters. The molecule has 0 aromatic rings. The van der Waals surface area contributed by atoms with E-state index in [0.29, 0.717) is 13.0 Å². The van der Waals surface area contributed by atoms with Gasteiger partial charge in [0, 0.05) is 6.54 Å². The Kier molecular flexibility index (Phi) is 8.63. The van der Waals surface area contributed by atoms with E-state index in [0.717, 1.165) is 12.8 Å². The van der Waals surface area contributed by atoms with Crippen molar-refractivity contribution >= 4 is 12.1 Å². The SMILES string of the molecule is C=CCOC(=O)C(N)CCCCNC(=O)OC(C)(C)C. The number of hydrogen-bond acceptors (Lipinski definition) is 5. The minimum atomic E-state index is -0.628. The van der Waals surface area contributed by atoms with Gasteiger partial charge in [-0.25, -0.2) is 4.79 Å². The van der Waals surface area contributed by atoms with Gasteiger partial charge in [0.2, 0.25) is 0 Å². The second-order valence-electron chi connectivity index (χ2n) is 5.45. The van der Waals surface area contributed by atoms with Crippen LogP contribution in [0.2, 0.25) is 0 Å². The van der Waals surface area contributed by atoms with Crippen molar-refractivity contribution in [3.05, 3.63) is 12.7 Å². The summed E-state index contributed by atoms with van der Waals surface area (Å²) in [7, 11) is 0. The first-order valence-corrected chi connectivity index (χ1v) is 6.76. The molecule has 0 bridgehead atoms. The van der Waals surface area contributed by atoms with Crippen LogP contribution < -0.4 is 11.1 Å². The Morgan fingerprint density at radius 2 is 2.00 bits per heavy atom. The van der Waals surface area contributed by atoms with E-state index >= 15 is 0 Å². The molecule has 1 amide bonds. The normalized spacial score (nSPS) is 12.4. The second-order valence-corrected chi connectivity index (χ2v) is 5.45. The average molecular weight is 286 g/mol. The van der Waals surface area contributed by atoms with Crippen molar-refractivity contribution < 1.29 is 19.1 Å². The summed E-state index contributed by atoms with van der Waals surface area (Å²) < 4.78 is 9.92. The van der Waals surface area contributed by atoms with E-state index in [1.54, 1.807) is 20.8 Å². The van der Waals surface area contributed by atoms with Crippen LogP contribution in [0, 0.1) is 0 Å². The molecule has 0 spiro atoms. The van der Waals surface area contributed by atoms with Crippen LogP contribution in [0.3, 0.4) is 0 Å². The van der Waals surface area contributed by atoms with Crippen molar-refractivity contribution in [2.45, 2.75) is 51.7 Å². The first-order valence-electron chi connectivity index (χ1n) is 6.76. The zero-order valence-electron chi connectivity index (χ0n) is 12.6. The van der Waals surface area contributed by atoms with Crippen LogP contribution in [0.1, 0.15) is 40.0 Å². The zero-order chi connectivity index (χ0) is 15.6. The van der Waals surface area contributed by atoms with Gasteiger partial charge in [0.05, 0.1) is 0 Å². The van der Waals surface area contributed by atoms with E-state index < -0.39 is 23.7 Å². The lowest BCUT2D eigenvalue weighted by atomic mass is 10.1. The number of rotatable bonds is 8. The van der Waals surface area contributed by atoms with Gasteiger partial charge >= 0.3 is 12.1 Å². The summed E-state index contributed by atoms with van der Waals surface area (Å²) in [5.74, 6) is -0.426. The van der Waals surface area contributed by atoms with Gasteiger partial charge in [0.25, 0.3) is 0 Å². The molecule has 116 valence electrons. The van der Waals surface area contributed by atoms with E-state index in [2.05, 4.69) is 11.9 Å². The van der Waals surface area contributed by atoms with Crippen LogP contribution in [-0.4, -0.2) is 36.9 Å². The Hall–Kier alpha value is -1.56. The monoisotopic (exact) mass is 286 g/mol. The van der Waals surface area contributed by atoms with Gasteiger partial charge in [-0.3, -0.25) is 4.79 Å². The maximum atomic E-state index is 11.3. The number of alkyl carbamates (subject to hydrolysis) is 1. The molecule has 0 saturated heterocycles. The van der Waals surface area contributed by atoms with Crippen LogP contribution in [0.5, 0.6) is 0 Å². The summed E-state index contributed by atoms with van der Waals surface area (Å²) in [4.78, 5) is 22.7. The molecule has 0 aromatic heterocycles. The maximum absolute atomic E-state index is 11.3. The first-order chi connectivity index (χ1) is 9.26. The molecule has 0 rings (SSSR count). The molecular formula is C14H26N2O4. The summed E-state index contributed by atoms with van der Waals surface area (Å²) in [5, 5.41) is 2.65. The molecule has 3 N–H and O–H groups in total. The highest BCUT2D eigenvalue weighted by atomic mass is 16.6. The summed E-state index contributed by atoms with van der Waals surface area (Å²) in [5.41, 5.74) is 5.16. The fourth-order valence-electron chi connectivity index (χ4n) is 1.36. The predicted molar refractivity (Wildman–Crippen MR) is 77.2 cm³/mol. The lowest BCUT2D eigenvalue weighted by Gasteiger charge is -2.19. The summed E-state index contributed by atoms with van der Waals surface area (Å²) in [6, 6.07) is -0.628. The third-order valence-electron chi connectivity index (χ3n) is 2.26. The molecular weight excluding hydrogens is 260 g/mol. The third-order valence-corrected chi connectivity index (χ3v) is 2.26. The Bertz CT molecular complexity index is 324. The van der Waals surface area contributed by atoms with Crippen molar-refractivity contribution in [3.8, 4) is 0 Å². The van der Waals surface area contributed by atoms with E-state index in [1.165, 1.54) is 6.08 Å². The molecule has 0 aliphatic heterocycles. The van der Waals surface area contributed by atoms with Crippen molar-refractivity contribution in [1.82, 2.24) is 5.32 Å². The zero-order valence-corrected chi connectivity index (χ0v) is 12.6. The van der Waals surface area contributed by atoms with Gasteiger partial charge in [-0.2, -0.15) is 0 Å². The maximum Gasteiger partial charge on any atom is 0.407 e. The smallest absolute Gasteiger partial charge is 0.407 e. The van der Waals surface area contributed by atoms with Crippen molar-refractivity contribution in [1.29, 1.82) is 0 Å². The number of nitrogens with two attached hydrogens (primary N) is 1. The van der Waals surface area contributed by atoms with Gasteiger partial charge < -0.3 is 20.5 Å². The summed E-state index contributed by atoms with van der Waals surface area (Å²) >= 11 is 0. The molecule has 0 aromatic carbocycles. The van der Waals surface area contributed by atoms with E-state index in [-0.39, 0.29) is 6.61 Å². The molecule has 0 aliphatic carbocycles. The van der Waals surface area contributed by atoms with Crippen LogP contribution in [0.4, 0.5) is 4.79 Å². The van der Waals surface area contributed by atoms with E-state index in [4.69, 9.17) is 15.2 Å². The Morgan fingerprint density at radius 3 is 2.55 bits per heavy atom. The number of ether oxygens (including phenoxy) is 2. The lowest BCUT2D eigenvalue weighted by Crippen LogP contribution is -2.34. The second kappa shape index (κ2) is 9.36. The van der Waals surface area contributed by atoms with Gasteiger partial charge in [0.1, 0.15) is 18.2 Å². The highest BCUT2D eigenvalue weighted by molar-refractivity contribution is 5.75. The Balaban J connectivity index is 3.64. The highest BCUT2D eigenvalue weighted by Crippen LogP contribution is 2.06. The van der Waals surface area contributed by atoms with Gasteiger partial charge in [0.15, 0.2) is 0 Å². The summed E-state index contributed by atoms with van der Waals surface area (Å²) in [6.07, 6.45) is 3.02. The quantitative estimate of drug-likeness (QED) is 0.403. The molecule has 6 heteroatoms. The topological polar surface area (TPSA) is 90.6 Å². The van der Waals surface area contributed by atoms with Crippen molar-refractivity contribution in [2.75, 3.05) is 13.2 Å². The van der Waals surface area contributed by atoms with Crippen LogP contribution in [0.25, 0.3) is 0 Å². The molecule has 0 heterocycles. The number of hydrogen-bond donors (Lipinski definition) is 2. The molecule has 20 heavy (non-hydrogen) atoms. The van der Waals surface area contributed by atoms with Crippen molar-refractivity contribution in [3.63, 3.8) is 0 Å². The van der Waals surface area contributed by atoms with Crippen LogP contribution in [0.15, 0.2) is 12.7 Å². The fraction of sp³-hybridized carbons (Fsp3) is 0.714. The standard InChI is InChI=1S/C14H26N2O4/c1-5-10-19-12(17)11(15)8-6-7-9-16-13(18)20-14(2,3)4/h5,11H,1,6-10,15H2,2-4H3,(H,16,18). The molecule has 0 aliphatic rings. The highest BCUT2D eigenvalue weighted by Gasteiger charge is 2.16. The van der Waals surface area contributed by atoms with Crippen LogP contribution >= 0.6 is 0 Å². The molecule has 0 saturated carbocycles. The first kappa shape index (κ1) is 18.4. The fourth-order valence-corrected chi connectivity index (χ4v) is 1.36. The largest absolute Gasteiger partial charge is 0.460 e. The number of amides is 1. The minimum Gasteiger partial charge on any atom is -0.460 e. The molecule has 1 atom stereocenters. The molecule has 0 fully saturated rings. The number of nitrogens with one attached hydrogen (secondary N) is 1.